The Morgan fingerprint density at radius 1 is 1.00 bits per heavy atom. The minimum Gasteiger partial charge on any atom is -0.489 e. The number of alkyl halides is 3. The smallest absolute Gasteiger partial charge is 0.416 e. The fourth-order valence-corrected chi connectivity index (χ4v) is 10.4. The molecule has 252 valence electrons. The summed E-state index contributed by atoms with van der Waals surface area (Å²) in [6.07, 6.45) is 0.153. The minimum atomic E-state index is -4.76. The molecule has 1 N–H and O–H groups in total. The van der Waals surface area contributed by atoms with Gasteiger partial charge in [-0.15, -0.1) is 0 Å². The van der Waals surface area contributed by atoms with Gasteiger partial charge in [0.2, 0.25) is 5.91 Å². The number of fused-ring (bicyclic) bond motifs is 3. The second-order valence-electron chi connectivity index (χ2n) is 12.9. The zero-order chi connectivity index (χ0) is 33.6. The predicted octanol–water partition coefficient (Wildman–Crippen LogP) is 6.95. The van der Waals surface area contributed by atoms with Crippen LogP contribution in [0.4, 0.5) is 22.0 Å². The van der Waals surface area contributed by atoms with Crippen molar-refractivity contribution >= 4 is 15.7 Å². The molecule has 6 rings (SSSR count). The van der Waals surface area contributed by atoms with Crippen LogP contribution in [-0.2, 0) is 38.6 Å². The number of benzene rings is 3. The molecule has 3 aliphatic rings. The molecule has 1 heterocycles. The third-order valence-electron chi connectivity index (χ3n) is 10.1. The van der Waals surface area contributed by atoms with Crippen molar-refractivity contribution in [2.24, 2.45) is 5.92 Å². The van der Waals surface area contributed by atoms with Crippen molar-refractivity contribution in [3.8, 4) is 5.75 Å². The molecular weight excluding hydrogens is 639 g/mol. The topological polar surface area (TPSA) is 75.7 Å². The Bertz CT molecular complexity index is 1740. The van der Waals surface area contributed by atoms with Crippen LogP contribution in [0.25, 0.3) is 0 Å². The Labute approximate surface area is 271 Å². The normalized spacial score (nSPS) is 24.8. The van der Waals surface area contributed by atoms with Crippen molar-refractivity contribution in [2.45, 2.75) is 86.4 Å². The maximum absolute atomic E-state index is 14.6. The van der Waals surface area contributed by atoms with Crippen molar-refractivity contribution in [1.82, 2.24) is 10.2 Å². The average Bonchev–Trinajstić information content (AvgIpc) is 3.41. The second kappa shape index (κ2) is 12.8. The van der Waals surface area contributed by atoms with Gasteiger partial charge < -0.3 is 10.1 Å². The number of amides is 1. The first-order valence-corrected chi connectivity index (χ1v) is 17.4. The SMILES string of the molecule is CC(=O)N[C@H]1CC[C@H](CN2CC[C@@]3(S(=O)(=O)c4ccc(F)cc4)c4ccc(OCc5c(F)cccc5C(F)(F)F)cc4CC[C@@H]23)CC1. The number of likely N-dealkylation sites (tertiary alicyclic amines) is 1. The zero-order valence-electron chi connectivity index (χ0n) is 26.0. The van der Waals surface area contributed by atoms with Crippen LogP contribution in [0.2, 0.25) is 0 Å². The highest BCUT2D eigenvalue weighted by Crippen LogP contribution is 2.53. The number of carbonyl (C=O) groups excluding carboxylic acids is 1. The standard InChI is InChI=1S/C35H37F5N2O4S/c1-22(43)41-26-10-5-23(6-11-26)20-42-18-17-34(47(44,45)28-13-8-25(36)9-14-28)30-15-12-27(19-24(30)7-16-33(34)42)46-21-29-31(35(38,39)40)3-2-4-32(29)37/h2-4,8-9,12-15,19,23,26,33H,5-7,10-11,16-18,20-21H2,1H3,(H,41,43)/t23-,26-,33-,34-/m1/s1. The van der Waals surface area contributed by atoms with Crippen LogP contribution in [0.1, 0.15) is 67.7 Å². The number of nitrogens with one attached hydrogen (secondary N) is 1. The van der Waals surface area contributed by atoms with Gasteiger partial charge in [-0.1, -0.05) is 12.1 Å². The third-order valence-corrected chi connectivity index (χ3v) is 12.7. The van der Waals surface area contributed by atoms with E-state index in [1.807, 2.05) is 0 Å². The number of hydrogen-bond acceptors (Lipinski definition) is 5. The summed E-state index contributed by atoms with van der Waals surface area (Å²) in [5, 5.41) is 3.00. The molecule has 0 spiro atoms. The number of halogens is 5. The first-order chi connectivity index (χ1) is 22.3. The van der Waals surface area contributed by atoms with E-state index in [0.29, 0.717) is 42.9 Å². The first-order valence-electron chi connectivity index (χ1n) is 15.9. The molecule has 1 amide bonds. The Morgan fingerprint density at radius 2 is 1.72 bits per heavy atom. The maximum Gasteiger partial charge on any atom is 0.416 e. The van der Waals surface area contributed by atoms with Gasteiger partial charge in [0.05, 0.1) is 10.5 Å². The third kappa shape index (κ3) is 6.38. The van der Waals surface area contributed by atoms with Crippen LogP contribution in [0, 0.1) is 17.6 Å². The molecule has 0 unspecified atom stereocenters. The van der Waals surface area contributed by atoms with Gasteiger partial charge in [-0.2, -0.15) is 13.2 Å². The average molecular weight is 677 g/mol. The van der Waals surface area contributed by atoms with Crippen LogP contribution in [-0.4, -0.2) is 44.4 Å². The van der Waals surface area contributed by atoms with Crippen molar-refractivity contribution < 1.29 is 39.9 Å². The Morgan fingerprint density at radius 3 is 2.40 bits per heavy atom. The number of sulfone groups is 1. The van der Waals surface area contributed by atoms with Crippen molar-refractivity contribution in [1.29, 1.82) is 0 Å². The van der Waals surface area contributed by atoms with Gasteiger partial charge in [0.1, 0.15) is 28.7 Å². The van der Waals surface area contributed by atoms with Crippen LogP contribution >= 0.6 is 0 Å². The molecule has 2 atom stereocenters. The number of hydrogen-bond donors (Lipinski definition) is 1. The highest BCUT2D eigenvalue weighted by molar-refractivity contribution is 7.92. The van der Waals surface area contributed by atoms with E-state index < -0.39 is 50.1 Å². The minimum absolute atomic E-state index is 0.0222. The lowest BCUT2D eigenvalue weighted by atomic mass is 9.78. The van der Waals surface area contributed by atoms with Gasteiger partial charge in [0.15, 0.2) is 9.84 Å². The molecule has 2 aliphatic carbocycles. The van der Waals surface area contributed by atoms with Gasteiger partial charge in [0.25, 0.3) is 0 Å². The van der Waals surface area contributed by atoms with Crippen LogP contribution in [0.15, 0.2) is 65.6 Å². The highest BCUT2D eigenvalue weighted by atomic mass is 32.2. The van der Waals surface area contributed by atoms with Gasteiger partial charge in [-0.05, 0) is 111 Å². The van der Waals surface area contributed by atoms with Gasteiger partial charge >= 0.3 is 6.18 Å². The summed E-state index contributed by atoms with van der Waals surface area (Å²) >= 11 is 0. The second-order valence-corrected chi connectivity index (χ2v) is 15.1. The lowest BCUT2D eigenvalue weighted by Crippen LogP contribution is -2.51. The zero-order valence-corrected chi connectivity index (χ0v) is 26.8. The monoisotopic (exact) mass is 676 g/mol. The van der Waals surface area contributed by atoms with E-state index in [1.54, 1.807) is 12.1 Å². The summed E-state index contributed by atoms with van der Waals surface area (Å²) in [5.41, 5.74) is -0.418. The van der Waals surface area contributed by atoms with E-state index in [0.717, 1.165) is 62.6 Å². The fraction of sp³-hybridized carbons (Fsp3) is 0.457. The molecule has 1 saturated heterocycles. The van der Waals surface area contributed by atoms with E-state index in [1.165, 1.54) is 25.1 Å². The van der Waals surface area contributed by atoms with Crippen LogP contribution in [0.3, 0.4) is 0 Å². The largest absolute Gasteiger partial charge is 0.489 e. The molecule has 0 bridgehead atoms. The number of carbonyl (C=O) groups is 1. The van der Waals surface area contributed by atoms with E-state index in [-0.39, 0.29) is 28.6 Å². The molecule has 47 heavy (non-hydrogen) atoms. The number of aryl methyl sites for hydroxylation is 1. The van der Waals surface area contributed by atoms with Crippen molar-refractivity contribution in [3.63, 3.8) is 0 Å². The quantitative estimate of drug-likeness (QED) is 0.207. The molecule has 0 aromatic heterocycles. The molecule has 1 saturated carbocycles. The number of rotatable bonds is 8. The van der Waals surface area contributed by atoms with Crippen molar-refractivity contribution in [2.75, 3.05) is 13.1 Å². The van der Waals surface area contributed by atoms with E-state index in [4.69, 9.17) is 4.74 Å². The van der Waals surface area contributed by atoms with E-state index in [9.17, 15) is 35.2 Å². The van der Waals surface area contributed by atoms with Gasteiger partial charge in [0, 0.05) is 37.7 Å². The summed E-state index contributed by atoms with van der Waals surface area (Å²) in [4.78, 5) is 13.8. The molecule has 1 aliphatic heterocycles. The summed E-state index contributed by atoms with van der Waals surface area (Å²) in [6, 6.07) is 12.3. The number of nitrogens with zero attached hydrogens (tertiary/aromatic N) is 1. The summed E-state index contributed by atoms with van der Waals surface area (Å²) < 4.78 is 103. The Kier molecular flexibility index (Phi) is 9.12. The van der Waals surface area contributed by atoms with Gasteiger partial charge in [-0.3, -0.25) is 9.69 Å². The van der Waals surface area contributed by atoms with Gasteiger partial charge in [-0.25, -0.2) is 17.2 Å². The van der Waals surface area contributed by atoms with Crippen LogP contribution in [0.5, 0.6) is 5.75 Å². The lowest BCUT2D eigenvalue weighted by Gasteiger charge is -2.44. The fourth-order valence-electron chi connectivity index (χ4n) is 7.96. The molecule has 3 aromatic rings. The summed E-state index contributed by atoms with van der Waals surface area (Å²) in [6.45, 7) is 2.13. The molecule has 6 nitrogen and oxygen atoms in total. The molecule has 2 fully saturated rings. The van der Waals surface area contributed by atoms with Crippen molar-refractivity contribution in [3.05, 3.63) is 94.6 Å². The lowest BCUT2D eigenvalue weighted by molar-refractivity contribution is -0.138. The Balaban J connectivity index is 1.30. The summed E-state index contributed by atoms with van der Waals surface area (Å²) in [7, 11) is -4.05. The molecular formula is C35H37F5N2O4S. The number of ether oxygens (including phenoxy) is 1. The summed E-state index contributed by atoms with van der Waals surface area (Å²) in [5.74, 6) is -1.06. The highest BCUT2D eigenvalue weighted by Gasteiger charge is 2.59. The molecule has 0 radical (unpaired) electrons. The van der Waals surface area contributed by atoms with E-state index in [2.05, 4.69) is 10.2 Å². The van der Waals surface area contributed by atoms with Crippen LogP contribution < -0.4 is 10.1 Å². The van der Waals surface area contributed by atoms with E-state index >= 15 is 0 Å². The first kappa shape index (κ1) is 33.4. The molecule has 3 aromatic carbocycles. The predicted molar refractivity (Wildman–Crippen MR) is 165 cm³/mol. The molecule has 12 heteroatoms. The Hall–Kier alpha value is -3.51. The maximum atomic E-state index is 14.6.